The third kappa shape index (κ3) is 4.77. The van der Waals surface area contributed by atoms with E-state index in [-0.39, 0.29) is 0 Å². The average Bonchev–Trinajstić information content (AvgIpc) is 2.66. The van der Waals surface area contributed by atoms with Crippen molar-refractivity contribution in [2.45, 2.75) is 58.0 Å². The lowest BCUT2D eigenvalue weighted by Gasteiger charge is -2.24. The predicted molar refractivity (Wildman–Crippen MR) is 86.6 cm³/mol. The third-order valence-corrected chi connectivity index (χ3v) is 5.21. The van der Waals surface area contributed by atoms with Crippen LogP contribution in [-0.2, 0) is 6.54 Å². The maximum Gasteiger partial charge on any atom is 0.0417 e. The molecule has 1 nitrogen and oxygen atoms in total. The van der Waals surface area contributed by atoms with Gasteiger partial charge in [-0.1, -0.05) is 59.3 Å². The van der Waals surface area contributed by atoms with E-state index >= 15 is 0 Å². The summed E-state index contributed by atoms with van der Waals surface area (Å²) in [5.74, 6) is 0.841. The van der Waals surface area contributed by atoms with E-state index in [1.807, 2.05) is 12.1 Å². The van der Waals surface area contributed by atoms with Crippen LogP contribution in [0.3, 0.4) is 0 Å². The van der Waals surface area contributed by atoms with E-state index in [4.69, 9.17) is 11.6 Å². The molecule has 0 aliphatic heterocycles. The van der Waals surface area contributed by atoms with Gasteiger partial charge in [0.05, 0.1) is 0 Å². The van der Waals surface area contributed by atoms with Crippen LogP contribution in [0.2, 0.25) is 5.02 Å². The van der Waals surface area contributed by atoms with Crippen molar-refractivity contribution in [3.8, 4) is 0 Å². The molecule has 0 radical (unpaired) electrons. The highest BCUT2D eigenvalue weighted by Gasteiger charge is 2.18. The monoisotopic (exact) mass is 343 g/mol. The standard InChI is InChI=1S/C16H23BrClN/c1-12(13-6-4-2-3-5-7-13)19-11-14-8-9-15(18)10-16(14)17/h8-10,12-13,19H,2-7,11H2,1H3/t12-/m0/s1. The summed E-state index contributed by atoms with van der Waals surface area (Å²) in [6, 6.07) is 6.62. The Morgan fingerprint density at radius 3 is 2.58 bits per heavy atom. The van der Waals surface area contributed by atoms with Crippen molar-refractivity contribution in [3.05, 3.63) is 33.3 Å². The zero-order valence-corrected chi connectivity index (χ0v) is 13.9. The molecule has 0 amide bonds. The van der Waals surface area contributed by atoms with Gasteiger partial charge in [0.15, 0.2) is 0 Å². The number of halogens is 2. The summed E-state index contributed by atoms with van der Waals surface area (Å²) in [7, 11) is 0. The predicted octanol–water partition coefficient (Wildman–Crippen LogP) is 5.55. The number of benzene rings is 1. The summed E-state index contributed by atoms with van der Waals surface area (Å²) >= 11 is 9.55. The maximum atomic E-state index is 5.97. The molecule has 1 saturated carbocycles. The lowest BCUT2D eigenvalue weighted by atomic mass is 9.93. The van der Waals surface area contributed by atoms with E-state index in [1.165, 1.54) is 44.1 Å². The van der Waals surface area contributed by atoms with Gasteiger partial charge in [-0.05, 0) is 43.4 Å². The first kappa shape index (κ1) is 15.3. The Morgan fingerprint density at radius 1 is 1.26 bits per heavy atom. The Balaban J connectivity index is 1.86. The van der Waals surface area contributed by atoms with Crippen LogP contribution in [0, 0.1) is 5.92 Å². The molecule has 1 aliphatic rings. The largest absolute Gasteiger partial charge is 0.310 e. The number of nitrogens with one attached hydrogen (secondary N) is 1. The van der Waals surface area contributed by atoms with Crippen LogP contribution in [0.25, 0.3) is 0 Å². The maximum absolute atomic E-state index is 5.97. The van der Waals surface area contributed by atoms with Crippen LogP contribution in [0.15, 0.2) is 22.7 Å². The lowest BCUT2D eigenvalue weighted by Crippen LogP contribution is -2.33. The van der Waals surface area contributed by atoms with Gasteiger partial charge in [0.25, 0.3) is 0 Å². The van der Waals surface area contributed by atoms with Crippen LogP contribution in [-0.4, -0.2) is 6.04 Å². The van der Waals surface area contributed by atoms with E-state index in [1.54, 1.807) is 0 Å². The minimum Gasteiger partial charge on any atom is -0.310 e. The Bertz CT molecular complexity index is 400. The van der Waals surface area contributed by atoms with Crippen LogP contribution in [0.5, 0.6) is 0 Å². The normalized spacial score (nSPS) is 19.1. The minimum absolute atomic E-state index is 0.598. The highest BCUT2D eigenvalue weighted by Crippen LogP contribution is 2.26. The van der Waals surface area contributed by atoms with E-state index in [9.17, 15) is 0 Å². The van der Waals surface area contributed by atoms with Gasteiger partial charge in [-0.3, -0.25) is 0 Å². The van der Waals surface area contributed by atoms with E-state index in [0.29, 0.717) is 6.04 Å². The van der Waals surface area contributed by atoms with Crippen molar-refractivity contribution >= 4 is 27.5 Å². The summed E-state index contributed by atoms with van der Waals surface area (Å²) in [5, 5.41) is 4.47. The SMILES string of the molecule is C[C@H](NCc1ccc(Cl)cc1Br)C1CCCCCC1. The van der Waals surface area contributed by atoms with Gasteiger partial charge >= 0.3 is 0 Å². The molecule has 1 atom stereocenters. The quantitative estimate of drug-likeness (QED) is 0.706. The molecule has 0 bridgehead atoms. The minimum atomic E-state index is 0.598. The molecule has 0 unspecified atom stereocenters. The first-order valence-electron chi connectivity index (χ1n) is 7.34. The first-order valence-corrected chi connectivity index (χ1v) is 8.51. The fourth-order valence-electron chi connectivity index (χ4n) is 2.91. The zero-order valence-electron chi connectivity index (χ0n) is 11.6. The molecule has 1 N–H and O–H groups in total. The van der Waals surface area contributed by atoms with E-state index in [2.05, 4.69) is 34.2 Å². The van der Waals surface area contributed by atoms with Crippen LogP contribution in [0.1, 0.15) is 51.0 Å². The van der Waals surface area contributed by atoms with Gasteiger partial charge in [0, 0.05) is 22.1 Å². The summed E-state index contributed by atoms with van der Waals surface area (Å²) in [6.07, 6.45) is 8.42. The van der Waals surface area contributed by atoms with E-state index in [0.717, 1.165) is 22.0 Å². The molecule has 0 saturated heterocycles. The molecule has 0 aromatic heterocycles. The lowest BCUT2D eigenvalue weighted by molar-refractivity contribution is 0.336. The van der Waals surface area contributed by atoms with Gasteiger partial charge in [0.2, 0.25) is 0 Å². The van der Waals surface area contributed by atoms with Crippen LogP contribution in [0.4, 0.5) is 0 Å². The second-order valence-electron chi connectivity index (χ2n) is 5.66. The molecule has 19 heavy (non-hydrogen) atoms. The number of hydrogen-bond donors (Lipinski definition) is 1. The molecule has 0 spiro atoms. The van der Waals surface area contributed by atoms with Gasteiger partial charge < -0.3 is 5.32 Å². The van der Waals surface area contributed by atoms with Crippen molar-refractivity contribution < 1.29 is 0 Å². The van der Waals surface area contributed by atoms with Crippen LogP contribution >= 0.6 is 27.5 Å². The summed E-state index contributed by atoms with van der Waals surface area (Å²) in [6.45, 7) is 3.25. The van der Waals surface area contributed by atoms with Gasteiger partial charge in [-0.2, -0.15) is 0 Å². The molecule has 1 fully saturated rings. The fraction of sp³-hybridized carbons (Fsp3) is 0.625. The zero-order chi connectivity index (χ0) is 13.7. The van der Waals surface area contributed by atoms with Crippen molar-refractivity contribution in [1.29, 1.82) is 0 Å². The van der Waals surface area contributed by atoms with Gasteiger partial charge in [0.1, 0.15) is 0 Å². The summed E-state index contributed by atoms with van der Waals surface area (Å²) < 4.78 is 1.10. The molecule has 1 aromatic rings. The van der Waals surface area contributed by atoms with Crippen LogP contribution < -0.4 is 5.32 Å². The molecule has 3 heteroatoms. The second kappa shape index (κ2) is 7.66. The number of hydrogen-bond acceptors (Lipinski definition) is 1. The van der Waals surface area contributed by atoms with Gasteiger partial charge in [-0.25, -0.2) is 0 Å². The Labute approximate surface area is 130 Å². The molecular formula is C16H23BrClN. The number of rotatable bonds is 4. The molecule has 1 aliphatic carbocycles. The molecule has 0 heterocycles. The first-order chi connectivity index (χ1) is 9.16. The Kier molecular flexibility index (Phi) is 6.18. The van der Waals surface area contributed by atoms with E-state index < -0.39 is 0 Å². The third-order valence-electron chi connectivity index (χ3n) is 4.24. The Hall–Kier alpha value is -0.0500. The van der Waals surface area contributed by atoms with Crippen molar-refractivity contribution in [2.75, 3.05) is 0 Å². The van der Waals surface area contributed by atoms with Crippen molar-refractivity contribution in [1.82, 2.24) is 5.32 Å². The van der Waals surface area contributed by atoms with Crippen molar-refractivity contribution in [2.24, 2.45) is 5.92 Å². The summed E-state index contributed by atoms with van der Waals surface area (Å²) in [4.78, 5) is 0. The topological polar surface area (TPSA) is 12.0 Å². The van der Waals surface area contributed by atoms with Gasteiger partial charge in [-0.15, -0.1) is 0 Å². The smallest absolute Gasteiger partial charge is 0.0417 e. The second-order valence-corrected chi connectivity index (χ2v) is 6.95. The molecule has 1 aromatic carbocycles. The average molecular weight is 345 g/mol. The molecule has 106 valence electrons. The molecular weight excluding hydrogens is 322 g/mol. The Morgan fingerprint density at radius 2 is 1.95 bits per heavy atom. The fourth-order valence-corrected chi connectivity index (χ4v) is 3.74. The molecule has 2 rings (SSSR count). The highest BCUT2D eigenvalue weighted by molar-refractivity contribution is 9.10. The highest BCUT2D eigenvalue weighted by atomic mass is 79.9. The summed E-state index contributed by atoms with van der Waals surface area (Å²) in [5.41, 5.74) is 1.28. The van der Waals surface area contributed by atoms with Crippen molar-refractivity contribution in [3.63, 3.8) is 0 Å².